The second-order valence-electron chi connectivity index (χ2n) is 5.01. The highest BCUT2D eigenvalue weighted by molar-refractivity contribution is 5.87. The van der Waals surface area contributed by atoms with Crippen molar-refractivity contribution >= 4 is 5.97 Å². The van der Waals surface area contributed by atoms with Crippen molar-refractivity contribution in [2.24, 2.45) is 0 Å². The minimum atomic E-state index is -0.944. The largest absolute Gasteiger partial charge is 0.497 e. The highest BCUT2D eigenvalue weighted by Crippen LogP contribution is 2.22. The van der Waals surface area contributed by atoms with Crippen LogP contribution in [0.3, 0.4) is 0 Å². The second-order valence-corrected chi connectivity index (χ2v) is 5.01. The Hall–Kier alpha value is -3.15. The number of carboxylic acid groups (broad SMARTS) is 1. The molecule has 1 aromatic heterocycles. The zero-order chi connectivity index (χ0) is 16.2. The molecule has 0 saturated carbocycles. The number of carboxylic acids is 1. The van der Waals surface area contributed by atoms with Gasteiger partial charge >= 0.3 is 5.97 Å². The van der Waals surface area contributed by atoms with Crippen LogP contribution in [-0.2, 0) is 6.54 Å². The summed E-state index contributed by atoms with van der Waals surface area (Å²) in [7, 11) is 1.62. The van der Waals surface area contributed by atoms with Crippen molar-refractivity contribution in [2.45, 2.75) is 6.54 Å². The van der Waals surface area contributed by atoms with E-state index in [1.165, 1.54) is 0 Å². The summed E-state index contributed by atoms with van der Waals surface area (Å²) < 4.78 is 6.89. The first-order valence-electron chi connectivity index (χ1n) is 7.02. The van der Waals surface area contributed by atoms with Crippen LogP contribution >= 0.6 is 0 Å². The van der Waals surface area contributed by atoms with E-state index in [-0.39, 0.29) is 5.56 Å². The Morgan fingerprint density at radius 3 is 2.70 bits per heavy atom. The predicted molar refractivity (Wildman–Crippen MR) is 84.5 cm³/mol. The standard InChI is InChI=1S/C17H15N3O3/c1-23-15-7-5-13(6-8-15)16-10-18-19-20(16)11-12-3-2-4-14(9-12)17(21)22/h2-10H,11H2,1H3,(H,21,22). The van der Waals surface area contributed by atoms with Crippen molar-refractivity contribution in [1.29, 1.82) is 0 Å². The van der Waals surface area contributed by atoms with Gasteiger partial charge in [0.25, 0.3) is 0 Å². The van der Waals surface area contributed by atoms with E-state index in [1.54, 1.807) is 36.2 Å². The maximum atomic E-state index is 11.1. The van der Waals surface area contributed by atoms with Crippen LogP contribution in [-0.4, -0.2) is 33.2 Å². The van der Waals surface area contributed by atoms with Crippen LogP contribution in [0.2, 0.25) is 0 Å². The summed E-state index contributed by atoms with van der Waals surface area (Å²) >= 11 is 0. The number of ether oxygens (including phenoxy) is 1. The average Bonchev–Trinajstić information content (AvgIpc) is 3.03. The summed E-state index contributed by atoms with van der Waals surface area (Å²) in [4.78, 5) is 11.1. The number of hydrogen-bond acceptors (Lipinski definition) is 4. The predicted octanol–water partition coefficient (Wildman–Crippen LogP) is 2.70. The van der Waals surface area contributed by atoms with Crippen LogP contribution in [0.4, 0.5) is 0 Å². The van der Waals surface area contributed by atoms with Crippen molar-refractivity contribution in [2.75, 3.05) is 7.11 Å². The first kappa shape index (κ1) is 14.8. The van der Waals surface area contributed by atoms with Crippen LogP contribution in [0.15, 0.2) is 54.7 Å². The lowest BCUT2D eigenvalue weighted by Gasteiger charge is -2.08. The molecule has 0 bridgehead atoms. The molecule has 0 unspecified atom stereocenters. The van der Waals surface area contributed by atoms with Crippen LogP contribution in [0, 0.1) is 0 Å². The van der Waals surface area contributed by atoms with E-state index in [0.29, 0.717) is 6.54 Å². The van der Waals surface area contributed by atoms with E-state index in [0.717, 1.165) is 22.6 Å². The topological polar surface area (TPSA) is 77.2 Å². The zero-order valence-electron chi connectivity index (χ0n) is 12.5. The van der Waals surface area contributed by atoms with Gasteiger partial charge in [0.1, 0.15) is 5.75 Å². The molecular weight excluding hydrogens is 294 g/mol. The van der Waals surface area contributed by atoms with E-state index in [9.17, 15) is 4.79 Å². The first-order chi connectivity index (χ1) is 11.2. The molecule has 3 rings (SSSR count). The molecule has 0 radical (unpaired) electrons. The fourth-order valence-corrected chi connectivity index (χ4v) is 2.34. The number of aromatic nitrogens is 3. The Morgan fingerprint density at radius 2 is 2.00 bits per heavy atom. The van der Waals surface area contributed by atoms with Gasteiger partial charge in [0.15, 0.2) is 0 Å². The molecule has 0 spiro atoms. The summed E-state index contributed by atoms with van der Waals surface area (Å²) in [5, 5.41) is 17.1. The van der Waals surface area contributed by atoms with Gasteiger partial charge in [-0.1, -0.05) is 17.3 Å². The van der Waals surface area contributed by atoms with Gasteiger partial charge in [-0.2, -0.15) is 0 Å². The fraction of sp³-hybridized carbons (Fsp3) is 0.118. The summed E-state index contributed by atoms with van der Waals surface area (Å²) in [6.45, 7) is 0.447. The molecule has 0 aliphatic rings. The molecule has 116 valence electrons. The summed E-state index contributed by atoms with van der Waals surface area (Å²) in [5.41, 5.74) is 2.93. The number of carbonyl (C=O) groups is 1. The number of nitrogens with zero attached hydrogens (tertiary/aromatic N) is 3. The minimum absolute atomic E-state index is 0.258. The van der Waals surface area contributed by atoms with Crippen molar-refractivity contribution < 1.29 is 14.6 Å². The number of methoxy groups -OCH3 is 1. The number of benzene rings is 2. The molecule has 23 heavy (non-hydrogen) atoms. The third-order valence-corrected chi connectivity index (χ3v) is 3.51. The molecule has 2 aromatic carbocycles. The molecule has 0 amide bonds. The molecule has 1 heterocycles. The van der Waals surface area contributed by atoms with E-state index >= 15 is 0 Å². The van der Waals surface area contributed by atoms with Crippen LogP contribution < -0.4 is 4.74 Å². The molecule has 0 fully saturated rings. The smallest absolute Gasteiger partial charge is 0.335 e. The van der Waals surface area contributed by atoms with Crippen molar-refractivity contribution in [3.8, 4) is 17.0 Å². The van der Waals surface area contributed by atoms with Gasteiger partial charge in [-0.3, -0.25) is 0 Å². The van der Waals surface area contributed by atoms with Gasteiger partial charge in [-0.15, -0.1) is 5.10 Å². The Labute approximate surface area is 133 Å². The monoisotopic (exact) mass is 309 g/mol. The number of hydrogen-bond donors (Lipinski definition) is 1. The minimum Gasteiger partial charge on any atom is -0.497 e. The highest BCUT2D eigenvalue weighted by atomic mass is 16.5. The van der Waals surface area contributed by atoms with Gasteiger partial charge < -0.3 is 9.84 Å². The van der Waals surface area contributed by atoms with E-state index < -0.39 is 5.97 Å². The Morgan fingerprint density at radius 1 is 1.22 bits per heavy atom. The maximum Gasteiger partial charge on any atom is 0.335 e. The van der Waals surface area contributed by atoms with Crippen LogP contribution in [0.25, 0.3) is 11.3 Å². The lowest BCUT2D eigenvalue weighted by Crippen LogP contribution is -2.05. The van der Waals surface area contributed by atoms with Gasteiger partial charge in [0.05, 0.1) is 31.1 Å². The molecule has 0 aliphatic heterocycles. The van der Waals surface area contributed by atoms with Crippen molar-refractivity contribution in [1.82, 2.24) is 15.0 Å². The molecule has 0 saturated heterocycles. The molecule has 0 atom stereocenters. The molecule has 6 heteroatoms. The maximum absolute atomic E-state index is 11.1. The third-order valence-electron chi connectivity index (χ3n) is 3.51. The van der Waals surface area contributed by atoms with Gasteiger partial charge in [-0.25, -0.2) is 9.48 Å². The van der Waals surface area contributed by atoms with E-state index in [4.69, 9.17) is 9.84 Å². The SMILES string of the molecule is COc1ccc(-c2cnnn2Cc2cccc(C(=O)O)c2)cc1. The van der Waals surface area contributed by atoms with Crippen LogP contribution in [0.5, 0.6) is 5.75 Å². The molecule has 6 nitrogen and oxygen atoms in total. The van der Waals surface area contributed by atoms with Gasteiger partial charge in [-0.05, 0) is 42.0 Å². The Kier molecular flexibility index (Phi) is 4.05. The summed E-state index contributed by atoms with van der Waals surface area (Å²) in [6, 6.07) is 14.4. The van der Waals surface area contributed by atoms with Gasteiger partial charge in [0, 0.05) is 5.56 Å². The van der Waals surface area contributed by atoms with E-state index in [1.807, 2.05) is 30.3 Å². The quantitative estimate of drug-likeness (QED) is 0.784. The first-order valence-corrected chi connectivity index (χ1v) is 7.02. The third kappa shape index (κ3) is 3.21. The Balaban J connectivity index is 1.88. The molecular formula is C17H15N3O3. The molecule has 3 aromatic rings. The van der Waals surface area contributed by atoms with E-state index in [2.05, 4.69) is 10.3 Å². The zero-order valence-corrected chi connectivity index (χ0v) is 12.5. The average molecular weight is 309 g/mol. The summed E-state index contributed by atoms with van der Waals surface area (Å²) in [5.74, 6) is -0.164. The van der Waals surface area contributed by atoms with Crippen molar-refractivity contribution in [3.05, 3.63) is 65.9 Å². The fourth-order valence-electron chi connectivity index (χ4n) is 2.34. The summed E-state index contributed by atoms with van der Waals surface area (Å²) in [6.07, 6.45) is 1.68. The molecule has 1 N–H and O–H groups in total. The normalized spacial score (nSPS) is 10.5. The number of rotatable bonds is 5. The Bertz CT molecular complexity index is 825. The molecule has 0 aliphatic carbocycles. The van der Waals surface area contributed by atoms with Crippen molar-refractivity contribution in [3.63, 3.8) is 0 Å². The van der Waals surface area contributed by atoms with Crippen LogP contribution in [0.1, 0.15) is 15.9 Å². The number of aromatic carboxylic acids is 1. The van der Waals surface area contributed by atoms with Gasteiger partial charge in [0.2, 0.25) is 0 Å². The lowest BCUT2D eigenvalue weighted by atomic mass is 10.1. The lowest BCUT2D eigenvalue weighted by molar-refractivity contribution is 0.0696. The highest BCUT2D eigenvalue weighted by Gasteiger charge is 2.09. The second kappa shape index (κ2) is 6.31.